The molecule has 5 heterocycles. The minimum Gasteiger partial charge on any atom is -0.374 e. The molecule has 1 unspecified atom stereocenters. The highest BCUT2D eigenvalue weighted by atomic mass is 79.9. The predicted octanol–water partition coefficient (Wildman–Crippen LogP) is 5.31. The Kier molecular flexibility index (Phi) is 7.95. The number of anilines is 2. The van der Waals surface area contributed by atoms with E-state index in [4.69, 9.17) is 0 Å². The van der Waals surface area contributed by atoms with Gasteiger partial charge in [-0.15, -0.1) is 0 Å². The van der Waals surface area contributed by atoms with Gasteiger partial charge in [0.25, 0.3) is 5.56 Å². The first-order valence-corrected chi connectivity index (χ1v) is 17.5. The van der Waals surface area contributed by atoms with Crippen LogP contribution in [0.15, 0.2) is 63.9 Å². The molecule has 3 aromatic carbocycles. The SMILES string of the molecule is Cn1c2cc(N3CCC(N4CCC(c5ccc(NC6CCC(=O)NC6=O)cc5F)CC4)CC3)ccc2n2c3cccc(Br)c3c(=O)nc12. The molecule has 2 amide bonds. The number of likely N-dealkylation sites (tertiary alicyclic amines) is 1. The Balaban J connectivity index is 0.904. The molecule has 0 spiro atoms. The molecule has 3 aliphatic heterocycles. The van der Waals surface area contributed by atoms with Crippen LogP contribution >= 0.6 is 15.9 Å². The lowest BCUT2D eigenvalue weighted by molar-refractivity contribution is -0.133. The minimum absolute atomic E-state index is 0.168. The van der Waals surface area contributed by atoms with E-state index in [0.717, 1.165) is 78.4 Å². The number of carbonyl (C=O) groups excluding carboxylic acids is 2. The van der Waals surface area contributed by atoms with E-state index in [1.54, 1.807) is 0 Å². The summed E-state index contributed by atoms with van der Waals surface area (Å²) in [5.74, 6) is -0.0808. The molecule has 5 aromatic rings. The van der Waals surface area contributed by atoms with E-state index in [1.165, 1.54) is 11.8 Å². The number of carbonyl (C=O) groups is 2. The molecule has 12 heteroatoms. The molecular weight excluding hydrogens is 677 g/mol. The zero-order chi connectivity index (χ0) is 33.1. The minimum atomic E-state index is -0.531. The van der Waals surface area contributed by atoms with Crippen LogP contribution < -0.4 is 21.1 Å². The molecule has 10 nitrogen and oxygen atoms in total. The van der Waals surface area contributed by atoms with Crippen molar-refractivity contribution in [2.45, 2.75) is 56.5 Å². The summed E-state index contributed by atoms with van der Waals surface area (Å²) < 4.78 is 20.1. The lowest BCUT2D eigenvalue weighted by Gasteiger charge is -2.42. The maximum absolute atomic E-state index is 15.3. The Hall–Kier alpha value is -4.29. The molecule has 0 saturated carbocycles. The molecule has 1 atom stereocenters. The van der Waals surface area contributed by atoms with Crippen LogP contribution in [0.25, 0.3) is 27.7 Å². The van der Waals surface area contributed by atoms with Gasteiger partial charge in [-0.1, -0.05) is 12.1 Å². The number of benzene rings is 3. The number of halogens is 2. The molecule has 2 aromatic heterocycles. The highest BCUT2D eigenvalue weighted by Crippen LogP contribution is 2.35. The Morgan fingerprint density at radius 2 is 1.69 bits per heavy atom. The Labute approximate surface area is 285 Å². The standard InChI is InChI=1S/C36H37BrFN7O3/c1-42-31-20-24(6-9-29(31)45-30-4-2-3-26(37)33(30)35(48)41-36(42)45)44-17-13-23(14-18-44)43-15-11-21(12-16-43)25-7-5-22(19-27(25)38)39-28-8-10-32(46)40-34(28)47/h2-7,9,19-21,23,28,39H,8,10-18H2,1H3,(H,40,46,47). The number of fused-ring (bicyclic) bond motifs is 5. The number of piperidine rings is 3. The molecule has 3 fully saturated rings. The first-order chi connectivity index (χ1) is 23.2. The third-order valence-corrected chi connectivity index (χ3v) is 11.3. The lowest BCUT2D eigenvalue weighted by atomic mass is 9.87. The normalized spacial score (nSPS) is 20.2. The molecule has 3 saturated heterocycles. The van der Waals surface area contributed by atoms with Gasteiger partial charge in [-0.2, -0.15) is 4.98 Å². The summed E-state index contributed by atoms with van der Waals surface area (Å²) in [5, 5.41) is 6.00. The summed E-state index contributed by atoms with van der Waals surface area (Å²) in [7, 11) is 1.96. The molecule has 0 radical (unpaired) electrons. The zero-order valence-corrected chi connectivity index (χ0v) is 28.3. The van der Waals surface area contributed by atoms with E-state index in [2.05, 4.69) is 63.9 Å². The van der Waals surface area contributed by atoms with Crippen LogP contribution in [0.1, 0.15) is 50.0 Å². The van der Waals surface area contributed by atoms with Gasteiger partial charge in [0, 0.05) is 48.4 Å². The molecule has 0 aliphatic carbocycles. The van der Waals surface area contributed by atoms with Crippen molar-refractivity contribution in [3.63, 3.8) is 0 Å². The monoisotopic (exact) mass is 713 g/mol. The van der Waals surface area contributed by atoms with E-state index >= 15 is 4.39 Å². The lowest BCUT2D eigenvalue weighted by Crippen LogP contribution is -2.47. The highest BCUT2D eigenvalue weighted by Gasteiger charge is 2.31. The number of amides is 2. The number of hydrogen-bond acceptors (Lipinski definition) is 7. The van der Waals surface area contributed by atoms with Crippen LogP contribution in [0.2, 0.25) is 0 Å². The first-order valence-electron chi connectivity index (χ1n) is 16.7. The molecule has 48 heavy (non-hydrogen) atoms. The molecule has 3 aliphatic rings. The summed E-state index contributed by atoms with van der Waals surface area (Å²) in [4.78, 5) is 45.9. The Bertz CT molecular complexity index is 2150. The second-order valence-electron chi connectivity index (χ2n) is 13.3. The maximum Gasteiger partial charge on any atom is 0.283 e. The van der Waals surface area contributed by atoms with E-state index < -0.39 is 6.04 Å². The van der Waals surface area contributed by atoms with Crippen LogP contribution in [-0.4, -0.2) is 68.9 Å². The van der Waals surface area contributed by atoms with Gasteiger partial charge in [0.1, 0.15) is 11.9 Å². The molecular formula is C36H37BrFN7O3. The average Bonchev–Trinajstić information content (AvgIpc) is 3.37. The fourth-order valence-electron chi connectivity index (χ4n) is 8.00. The summed E-state index contributed by atoms with van der Waals surface area (Å²) in [6.07, 6.45) is 4.65. The summed E-state index contributed by atoms with van der Waals surface area (Å²) >= 11 is 3.53. The number of imide groups is 1. The number of rotatable bonds is 5. The number of hydrogen-bond donors (Lipinski definition) is 2. The second-order valence-corrected chi connectivity index (χ2v) is 14.2. The van der Waals surface area contributed by atoms with Crippen molar-refractivity contribution in [3.05, 3.63) is 80.8 Å². The predicted molar refractivity (Wildman–Crippen MR) is 188 cm³/mol. The molecule has 8 rings (SSSR count). The van der Waals surface area contributed by atoms with Crippen molar-refractivity contribution < 1.29 is 14.0 Å². The van der Waals surface area contributed by atoms with Gasteiger partial charge >= 0.3 is 0 Å². The van der Waals surface area contributed by atoms with Crippen LogP contribution in [0.5, 0.6) is 0 Å². The number of nitrogens with one attached hydrogen (secondary N) is 2. The summed E-state index contributed by atoms with van der Waals surface area (Å²) in [6, 6.07) is 17.5. The van der Waals surface area contributed by atoms with Crippen LogP contribution in [0.3, 0.4) is 0 Å². The van der Waals surface area contributed by atoms with Gasteiger partial charge in [0.15, 0.2) is 0 Å². The third kappa shape index (κ3) is 5.44. The number of aryl methyl sites for hydroxylation is 1. The average molecular weight is 715 g/mol. The van der Waals surface area contributed by atoms with Gasteiger partial charge in [-0.3, -0.25) is 24.1 Å². The molecule has 248 valence electrons. The van der Waals surface area contributed by atoms with Crippen molar-refractivity contribution in [2.24, 2.45) is 7.05 Å². The van der Waals surface area contributed by atoms with Crippen molar-refractivity contribution in [2.75, 3.05) is 36.4 Å². The molecule has 0 bridgehead atoms. The fourth-order valence-corrected chi connectivity index (χ4v) is 8.52. The van der Waals surface area contributed by atoms with Gasteiger partial charge < -0.3 is 19.7 Å². The van der Waals surface area contributed by atoms with Crippen LogP contribution in [0.4, 0.5) is 15.8 Å². The quantitative estimate of drug-likeness (QED) is 0.238. The van der Waals surface area contributed by atoms with Gasteiger partial charge in [-0.25, -0.2) is 4.39 Å². The maximum atomic E-state index is 15.3. The summed E-state index contributed by atoms with van der Waals surface area (Å²) in [5.41, 5.74) is 5.11. The fraction of sp³-hybridized carbons (Fsp3) is 0.389. The van der Waals surface area contributed by atoms with Crippen molar-refractivity contribution in [3.8, 4) is 0 Å². The van der Waals surface area contributed by atoms with E-state index in [9.17, 15) is 14.4 Å². The second kappa shape index (κ2) is 12.3. The summed E-state index contributed by atoms with van der Waals surface area (Å²) in [6.45, 7) is 3.82. The zero-order valence-electron chi connectivity index (χ0n) is 26.7. The Morgan fingerprint density at radius 3 is 2.44 bits per heavy atom. The van der Waals surface area contributed by atoms with Crippen molar-refractivity contribution >= 4 is 66.8 Å². The van der Waals surface area contributed by atoms with Gasteiger partial charge in [0.2, 0.25) is 17.6 Å². The van der Waals surface area contributed by atoms with Gasteiger partial charge in [0.05, 0.1) is 21.9 Å². The Morgan fingerprint density at radius 1 is 0.896 bits per heavy atom. The van der Waals surface area contributed by atoms with Gasteiger partial charge in [-0.05, 0) is 115 Å². The van der Waals surface area contributed by atoms with E-state index in [1.807, 2.05) is 41.9 Å². The number of nitrogens with zero attached hydrogens (tertiary/aromatic N) is 5. The smallest absolute Gasteiger partial charge is 0.283 e. The van der Waals surface area contributed by atoms with E-state index in [0.29, 0.717) is 29.3 Å². The van der Waals surface area contributed by atoms with Crippen LogP contribution in [0, 0.1) is 5.82 Å². The van der Waals surface area contributed by atoms with Crippen molar-refractivity contribution in [1.82, 2.24) is 24.2 Å². The topological polar surface area (TPSA) is 104 Å². The van der Waals surface area contributed by atoms with Crippen LogP contribution in [-0.2, 0) is 16.6 Å². The number of aromatic nitrogens is 3. The largest absolute Gasteiger partial charge is 0.374 e. The number of imidazole rings is 1. The van der Waals surface area contributed by atoms with E-state index in [-0.39, 0.29) is 35.5 Å². The molecule has 2 N–H and O–H groups in total. The highest BCUT2D eigenvalue weighted by molar-refractivity contribution is 9.10. The third-order valence-electron chi connectivity index (χ3n) is 10.6. The first kappa shape index (κ1) is 31.0. The van der Waals surface area contributed by atoms with Crippen molar-refractivity contribution in [1.29, 1.82) is 0 Å².